The standard InChI is InChI=1S/C14H22N4O2/c1-17(11-12-6-8-15-16-12)13(19)7-10-18-9-4-2-3-5-14(18)20/h6,8H,2-5,7,9-11H2,1H3,(H,15,16). The molecule has 6 nitrogen and oxygen atoms in total. The molecular formula is C14H22N4O2. The van der Waals surface area contributed by atoms with Crippen molar-refractivity contribution in [3.05, 3.63) is 18.0 Å². The first-order valence-electron chi connectivity index (χ1n) is 7.17. The van der Waals surface area contributed by atoms with E-state index in [0.29, 0.717) is 25.9 Å². The fourth-order valence-electron chi connectivity index (χ4n) is 2.41. The molecule has 1 saturated heterocycles. The molecule has 0 aliphatic carbocycles. The van der Waals surface area contributed by atoms with Crippen LogP contribution in [-0.4, -0.2) is 51.9 Å². The van der Waals surface area contributed by atoms with E-state index in [4.69, 9.17) is 0 Å². The molecule has 0 bridgehead atoms. The van der Waals surface area contributed by atoms with Gasteiger partial charge in [-0.2, -0.15) is 5.10 Å². The maximum absolute atomic E-state index is 12.1. The van der Waals surface area contributed by atoms with Crippen molar-refractivity contribution in [3.63, 3.8) is 0 Å². The maximum Gasteiger partial charge on any atom is 0.224 e. The number of likely N-dealkylation sites (tertiary alicyclic amines) is 1. The highest BCUT2D eigenvalue weighted by atomic mass is 16.2. The number of nitrogens with zero attached hydrogens (tertiary/aromatic N) is 3. The van der Waals surface area contributed by atoms with Crippen molar-refractivity contribution in [2.24, 2.45) is 0 Å². The molecule has 1 aromatic rings. The lowest BCUT2D eigenvalue weighted by atomic mass is 10.2. The van der Waals surface area contributed by atoms with Gasteiger partial charge in [0, 0.05) is 39.2 Å². The summed E-state index contributed by atoms with van der Waals surface area (Å²) >= 11 is 0. The van der Waals surface area contributed by atoms with Gasteiger partial charge in [-0.25, -0.2) is 0 Å². The van der Waals surface area contributed by atoms with Gasteiger partial charge in [-0.3, -0.25) is 14.7 Å². The first-order chi connectivity index (χ1) is 9.66. The second-order valence-electron chi connectivity index (χ2n) is 5.27. The van der Waals surface area contributed by atoms with Crippen molar-refractivity contribution in [1.82, 2.24) is 20.0 Å². The minimum Gasteiger partial charge on any atom is -0.342 e. The van der Waals surface area contributed by atoms with Crippen LogP contribution in [0, 0.1) is 0 Å². The molecule has 1 aliphatic rings. The summed E-state index contributed by atoms with van der Waals surface area (Å²) < 4.78 is 0. The van der Waals surface area contributed by atoms with Crippen LogP contribution in [0.1, 0.15) is 37.8 Å². The van der Waals surface area contributed by atoms with Gasteiger partial charge in [0.05, 0.1) is 12.2 Å². The number of aromatic nitrogens is 2. The summed E-state index contributed by atoms with van der Waals surface area (Å²) in [5.74, 6) is 0.239. The first-order valence-corrected chi connectivity index (χ1v) is 7.17. The van der Waals surface area contributed by atoms with E-state index >= 15 is 0 Å². The number of rotatable bonds is 5. The monoisotopic (exact) mass is 278 g/mol. The molecule has 1 N–H and O–H groups in total. The van der Waals surface area contributed by atoms with Crippen molar-refractivity contribution in [1.29, 1.82) is 0 Å². The Balaban J connectivity index is 1.77. The van der Waals surface area contributed by atoms with Crippen LogP contribution in [0.3, 0.4) is 0 Å². The number of H-pyrrole nitrogens is 1. The molecule has 2 amide bonds. The predicted molar refractivity (Wildman–Crippen MR) is 74.7 cm³/mol. The molecule has 1 fully saturated rings. The first kappa shape index (κ1) is 14.6. The molecule has 2 heterocycles. The van der Waals surface area contributed by atoms with E-state index < -0.39 is 0 Å². The topological polar surface area (TPSA) is 69.3 Å². The van der Waals surface area contributed by atoms with Gasteiger partial charge in [0.2, 0.25) is 11.8 Å². The molecule has 0 spiro atoms. The van der Waals surface area contributed by atoms with Crippen LogP contribution >= 0.6 is 0 Å². The van der Waals surface area contributed by atoms with Crippen LogP contribution in [0.5, 0.6) is 0 Å². The Labute approximate surface area is 119 Å². The lowest BCUT2D eigenvalue weighted by molar-refractivity contribution is -0.133. The Morgan fingerprint density at radius 1 is 1.45 bits per heavy atom. The quantitative estimate of drug-likeness (QED) is 0.878. The van der Waals surface area contributed by atoms with Gasteiger partial charge in [0.15, 0.2) is 0 Å². The van der Waals surface area contributed by atoms with Crippen LogP contribution < -0.4 is 0 Å². The van der Waals surface area contributed by atoms with Crippen LogP contribution in [0.4, 0.5) is 0 Å². The van der Waals surface area contributed by atoms with Crippen molar-refractivity contribution >= 4 is 11.8 Å². The van der Waals surface area contributed by atoms with E-state index in [0.717, 1.165) is 31.5 Å². The number of nitrogens with one attached hydrogen (secondary N) is 1. The number of carbonyl (C=O) groups excluding carboxylic acids is 2. The average Bonchev–Trinajstić information content (AvgIpc) is 2.85. The van der Waals surface area contributed by atoms with Gasteiger partial charge in [-0.05, 0) is 18.9 Å². The minimum atomic E-state index is 0.0525. The zero-order valence-electron chi connectivity index (χ0n) is 12.0. The molecule has 0 saturated carbocycles. The Morgan fingerprint density at radius 2 is 2.30 bits per heavy atom. The Bertz CT molecular complexity index is 444. The maximum atomic E-state index is 12.1. The highest BCUT2D eigenvalue weighted by molar-refractivity contribution is 5.79. The molecular weight excluding hydrogens is 256 g/mol. The van der Waals surface area contributed by atoms with E-state index in [2.05, 4.69) is 10.2 Å². The van der Waals surface area contributed by atoms with Gasteiger partial charge in [0.25, 0.3) is 0 Å². The largest absolute Gasteiger partial charge is 0.342 e. The summed E-state index contributed by atoms with van der Waals surface area (Å²) in [7, 11) is 1.77. The second-order valence-corrected chi connectivity index (χ2v) is 5.27. The van der Waals surface area contributed by atoms with Crippen molar-refractivity contribution in [3.8, 4) is 0 Å². The van der Waals surface area contributed by atoms with Crippen LogP contribution in [0.2, 0.25) is 0 Å². The van der Waals surface area contributed by atoms with E-state index in [9.17, 15) is 9.59 Å². The molecule has 6 heteroatoms. The smallest absolute Gasteiger partial charge is 0.224 e. The number of carbonyl (C=O) groups is 2. The van der Waals surface area contributed by atoms with Gasteiger partial charge < -0.3 is 9.80 Å². The molecule has 0 unspecified atom stereocenters. The molecule has 2 rings (SSSR count). The lowest BCUT2D eigenvalue weighted by Crippen LogP contribution is -2.35. The fraction of sp³-hybridized carbons (Fsp3) is 0.643. The summed E-state index contributed by atoms with van der Waals surface area (Å²) in [6, 6.07) is 1.85. The fourth-order valence-corrected chi connectivity index (χ4v) is 2.41. The van der Waals surface area contributed by atoms with E-state index in [1.54, 1.807) is 18.1 Å². The summed E-state index contributed by atoms with van der Waals surface area (Å²) in [6.07, 6.45) is 5.81. The molecule has 0 atom stereocenters. The Kier molecular flexibility index (Phi) is 5.15. The van der Waals surface area contributed by atoms with Crippen LogP contribution in [0.25, 0.3) is 0 Å². The minimum absolute atomic E-state index is 0.0525. The van der Waals surface area contributed by atoms with Gasteiger partial charge in [-0.1, -0.05) is 6.42 Å². The lowest BCUT2D eigenvalue weighted by Gasteiger charge is -2.22. The van der Waals surface area contributed by atoms with E-state index in [-0.39, 0.29) is 11.8 Å². The van der Waals surface area contributed by atoms with Crippen molar-refractivity contribution < 1.29 is 9.59 Å². The number of aromatic amines is 1. The van der Waals surface area contributed by atoms with Crippen LogP contribution in [-0.2, 0) is 16.1 Å². The van der Waals surface area contributed by atoms with Crippen LogP contribution in [0.15, 0.2) is 12.3 Å². The molecule has 20 heavy (non-hydrogen) atoms. The summed E-state index contributed by atoms with van der Waals surface area (Å²) in [5.41, 5.74) is 0.909. The summed E-state index contributed by atoms with van der Waals surface area (Å²) in [4.78, 5) is 27.4. The van der Waals surface area contributed by atoms with E-state index in [1.807, 2.05) is 11.0 Å². The Morgan fingerprint density at radius 3 is 3.05 bits per heavy atom. The van der Waals surface area contributed by atoms with Gasteiger partial charge >= 0.3 is 0 Å². The molecule has 1 aliphatic heterocycles. The third kappa shape index (κ3) is 4.08. The third-order valence-corrected chi connectivity index (χ3v) is 3.66. The third-order valence-electron chi connectivity index (χ3n) is 3.66. The molecule has 1 aromatic heterocycles. The zero-order chi connectivity index (χ0) is 14.4. The predicted octanol–water partition coefficient (Wildman–Crippen LogP) is 1.16. The molecule has 0 aromatic carbocycles. The second kappa shape index (κ2) is 7.07. The highest BCUT2D eigenvalue weighted by Gasteiger charge is 2.18. The summed E-state index contributed by atoms with van der Waals surface area (Å²) in [5, 5.41) is 6.69. The number of hydrogen-bond donors (Lipinski definition) is 1. The molecule has 110 valence electrons. The zero-order valence-corrected chi connectivity index (χ0v) is 12.0. The van der Waals surface area contributed by atoms with Crippen molar-refractivity contribution in [2.75, 3.05) is 20.1 Å². The number of amides is 2. The SMILES string of the molecule is CN(Cc1ccn[nH]1)C(=O)CCN1CCCCCC1=O. The highest BCUT2D eigenvalue weighted by Crippen LogP contribution is 2.11. The Hall–Kier alpha value is -1.85. The van der Waals surface area contributed by atoms with Gasteiger partial charge in [0.1, 0.15) is 0 Å². The van der Waals surface area contributed by atoms with Gasteiger partial charge in [-0.15, -0.1) is 0 Å². The van der Waals surface area contributed by atoms with E-state index in [1.165, 1.54) is 0 Å². The summed E-state index contributed by atoms with van der Waals surface area (Å²) in [6.45, 7) is 1.84. The number of hydrogen-bond acceptors (Lipinski definition) is 3. The molecule has 0 radical (unpaired) electrons. The average molecular weight is 278 g/mol. The normalized spacial score (nSPS) is 16.1. The van der Waals surface area contributed by atoms with Crippen molar-refractivity contribution in [2.45, 2.75) is 38.6 Å².